The Bertz CT molecular complexity index is 490. The third-order valence-electron chi connectivity index (χ3n) is 2.40. The van der Waals surface area contributed by atoms with E-state index >= 15 is 0 Å². The standard InChI is InChI=1S/C11H8Br.C5H5.Fe/c12-11-7-5-10(6-8-11)9-3-1-2-4-9;1-2-4-5-3-1;/h1-8H;1-5H;/q-1;-5;. The Kier molecular flexibility index (Phi) is 6.74. The Hall–Kier alpha value is -1.08. The van der Waals surface area contributed by atoms with Gasteiger partial charge in [-0.1, -0.05) is 33.6 Å². The van der Waals surface area contributed by atoms with Gasteiger partial charge in [-0.15, -0.1) is 29.8 Å². The summed E-state index contributed by atoms with van der Waals surface area (Å²) in [6.07, 6.45) is 0. The summed E-state index contributed by atoms with van der Waals surface area (Å²) in [7, 11) is 0. The Morgan fingerprint density at radius 2 is 1.22 bits per heavy atom. The van der Waals surface area contributed by atoms with Crippen LogP contribution in [0.3, 0.4) is 0 Å². The van der Waals surface area contributed by atoms with Crippen molar-refractivity contribution in [3.8, 4) is 11.1 Å². The van der Waals surface area contributed by atoms with Gasteiger partial charge in [-0.05, 0) is 0 Å². The van der Waals surface area contributed by atoms with Crippen LogP contribution in [-0.2, 0) is 17.1 Å². The van der Waals surface area contributed by atoms with Crippen LogP contribution in [0.2, 0.25) is 0 Å². The van der Waals surface area contributed by atoms with Crippen LogP contribution in [0.5, 0.6) is 0 Å². The molecule has 18 heavy (non-hydrogen) atoms. The van der Waals surface area contributed by atoms with Gasteiger partial charge in [-0.25, -0.2) is 0 Å². The summed E-state index contributed by atoms with van der Waals surface area (Å²) in [6, 6.07) is 26.7. The largest absolute Gasteiger partial charge is 0.748 e. The van der Waals surface area contributed by atoms with Crippen molar-refractivity contribution < 1.29 is 17.1 Å². The zero-order valence-corrected chi connectivity index (χ0v) is 12.4. The molecule has 0 radical (unpaired) electrons. The number of hydrogen-bond donors (Lipinski definition) is 0. The minimum atomic E-state index is 0. The van der Waals surface area contributed by atoms with Crippen molar-refractivity contribution in [2.75, 3.05) is 0 Å². The molecule has 0 aliphatic carbocycles. The van der Waals surface area contributed by atoms with Gasteiger partial charge in [0.1, 0.15) is 0 Å². The number of rotatable bonds is 1. The van der Waals surface area contributed by atoms with Crippen LogP contribution in [0.1, 0.15) is 0 Å². The van der Waals surface area contributed by atoms with Crippen LogP contribution in [0.25, 0.3) is 11.1 Å². The van der Waals surface area contributed by atoms with Crippen LogP contribution in [-0.4, -0.2) is 0 Å². The molecule has 3 aromatic rings. The van der Waals surface area contributed by atoms with E-state index in [0.29, 0.717) is 0 Å². The SMILES string of the molecule is Brc1ccc(-[c-]2cccc2)cc1.[Fe].[cH-]1[cH-][cH-][cH-][cH-]1. The van der Waals surface area contributed by atoms with Gasteiger partial charge in [0.05, 0.1) is 0 Å². The predicted octanol–water partition coefficient (Wildman–Crippen LogP) is 5.24. The van der Waals surface area contributed by atoms with E-state index in [2.05, 4.69) is 64.5 Å². The Morgan fingerprint density at radius 3 is 1.67 bits per heavy atom. The fourth-order valence-electron chi connectivity index (χ4n) is 1.53. The normalized spacial score (nSPS) is 8.94. The van der Waals surface area contributed by atoms with Gasteiger partial charge in [0.2, 0.25) is 0 Å². The molecule has 0 saturated heterocycles. The van der Waals surface area contributed by atoms with E-state index in [1.165, 1.54) is 11.1 Å². The van der Waals surface area contributed by atoms with E-state index in [-0.39, 0.29) is 17.1 Å². The molecule has 0 aromatic heterocycles. The summed E-state index contributed by atoms with van der Waals surface area (Å²) in [5.74, 6) is 0. The van der Waals surface area contributed by atoms with E-state index < -0.39 is 0 Å². The van der Waals surface area contributed by atoms with Gasteiger partial charge in [-0.2, -0.15) is 12.1 Å². The summed E-state index contributed by atoms with van der Waals surface area (Å²) in [5.41, 5.74) is 2.55. The summed E-state index contributed by atoms with van der Waals surface area (Å²) < 4.78 is 1.12. The first kappa shape index (κ1) is 15.0. The Morgan fingerprint density at radius 1 is 0.778 bits per heavy atom. The van der Waals surface area contributed by atoms with Crippen molar-refractivity contribution in [3.63, 3.8) is 0 Å². The van der Waals surface area contributed by atoms with Gasteiger partial charge in [-0.3, -0.25) is 0 Å². The van der Waals surface area contributed by atoms with E-state index in [1.54, 1.807) is 0 Å². The van der Waals surface area contributed by atoms with Crippen molar-refractivity contribution in [2.24, 2.45) is 0 Å². The molecule has 2 heteroatoms. The minimum absolute atomic E-state index is 0. The number of halogens is 1. The van der Waals surface area contributed by atoms with Crippen molar-refractivity contribution in [3.05, 3.63) is 83.3 Å². The van der Waals surface area contributed by atoms with Crippen molar-refractivity contribution in [1.29, 1.82) is 0 Å². The Labute approximate surface area is 127 Å². The van der Waals surface area contributed by atoms with E-state index in [9.17, 15) is 0 Å². The summed E-state index contributed by atoms with van der Waals surface area (Å²) in [5, 5.41) is 0. The molecule has 0 aliphatic heterocycles. The fraction of sp³-hybridized carbons (Fsp3) is 0. The zero-order valence-electron chi connectivity index (χ0n) is 9.74. The first-order valence-corrected chi connectivity index (χ1v) is 6.30. The molecule has 0 N–H and O–H groups in total. The van der Waals surface area contributed by atoms with Crippen molar-refractivity contribution >= 4 is 15.9 Å². The van der Waals surface area contributed by atoms with Gasteiger partial charge in [0, 0.05) is 21.5 Å². The maximum Gasteiger partial charge on any atom is 0.00273 e. The second-order valence-corrected chi connectivity index (χ2v) is 4.56. The number of benzene rings is 1. The molecule has 3 aromatic carbocycles. The maximum atomic E-state index is 3.41. The summed E-state index contributed by atoms with van der Waals surface area (Å²) >= 11 is 3.41. The molecule has 0 nitrogen and oxygen atoms in total. The molecule has 0 amide bonds. The van der Waals surface area contributed by atoms with Crippen molar-refractivity contribution in [2.45, 2.75) is 0 Å². The van der Waals surface area contributed by atoms with Gasteiger partial charge < -0.3 is 30.3 Å². The van der Waals surface area contributed by atoms with Gasteiger partial charge in [0.25, 0.3) is 0 Å². The third kappa shape index (κ3) is 4.66. The maximum absolute atomic E-state index is 3.41. The van der Waals surface area contributed by atoms with E-state index in [4.69, 9.17) is 0 Å². The van der Waals surface area contributed by atoms with Crippen LogP contribution in [0.15, 0.2) is 83.3 Å². The first-order chi connectivity index (χ1) is 8.36. The van der Waals surface area contributed by atoms with E-state index in [0.717, 1.165) is 4.47 Å². The molecule has 0 saturated carbocycles. The zero-order chi connectivity index (χ0) is 11.9. The van der Waals surface area contributed by atoms with Gasteiger partial charge >= 0.3 is 0 Å². The minimum Gasteiger partial charge on any atom is -0.748 e. The first-order valence-electron chi connectivity index (χ1n) is 5.50. The smallest absolute Gasteiger partial charge is 0.00273 e. The molecule has 0 fully saturated rings. The second-order valence-electron chi connectivity index (χ2n) is 3.64. The molecule has 0 bridgehead atoms. The van der Waals surface area contributed by atoms with Gasteiger partial charge in [0.15, 0.2) is 0 Å². The molecule has 0 aliphatic rings. The topological polar surface area (TPSA) is 0 Å². The molecular formula is C16H13BrFe-6. The van der Waals surface area contributed by atoms with Crippen molar-refractivity contribution in [1.82, 2.24) is 0 Å². The molecule has 98 valence electrons. The molecule has 0 unspecified atom stereocenters. The molecular weight excluding hydrogens is 328 g/mol. The fourth-order valence-corrected chi connectivity index (χ4v) is 1.79. The average Bonchev–Trinajstić information content (AvgIpc) is 3.06. The number of hydrogen-bond acceptors (Lipinski definition) is 0. The Balaban J connectivity index is 0.000000230. The summed E-state index contributed by atoms with van der Waals surface area (Å²) in [6.45, 7) is 0. The van der Waals surface area contributed by atoms with Crippen LogP contribution >= 0.6 is 15.9 Å². The van der Waals surface area contributed by atoms with Crippen LogP contribution in [0, 0.1) is 0 Å². The third-order valence-corrected chi connectivity index (χ3v) is 2.92. The molecule has 0 heterocycles. The van der Waals surface area contributed by atoms with Crippen LogP contribution in [0.4, 0.5) is 0 Å². The monoisotopic (exact) mass is 340 g/mol. The molecule has 0 spiro atoms. The summed E-state index contributed by atoms with van der Waals surface area (Å²) in [4.78, 5) is 0. The molecule has 3 rings (SSSR count). The second kappa shape index (κ2) is 8.10. The average molecular weight is 341 g/mol. The van der Waals surface area contributed by atoms with E-state index in [1.807, 2.05) is 30.3 Å². The predicted molar refractivity (Wildman–Crippen MR) is 77.2 cm³/mol. The van der Waals surface area contributed by atoms with Crippen LogP contribution < -0.4 is 0 Å². The molecule has 0 atom stereocenters. The quantitative estimate of drug-likeness (QED) is 0.420.